The lowest BCUT2D eigenvalue weighted by Crippen LogP contribution is -2.40. The molecule has 33 heavy (non-hydrogen) atoms. The molecule has 170 valence electrons. The van der Waals surface area contributed by atoms with Gasteiger partial charge in [-0.1, -0.05) is 36.4 Å². The third kappa shape index (κ3) is 4.77. The molecule has 1 aromatic heterocycles. The molecule has 1 fully saturated rings. The van der Waals surface area contributed by atoms with E-state index in [1.165, 1.54) is 6.42 Å². The highest BCUT2D eigenvalue weighted by molar-refractivity contribution is 5.89. The summed E-state index contributed by atoms with van der Waals surface area (Å²) >= 11 is 0. The number of carbonyl (C=O) groups excluding carboxylic acids is 1. The largest absolute Gasteiger partial charge is 0.438 e. The van der Waals surface area contributed by atoms with E-state index >= 15 is 0 Å². The molecule has 0 spiro atoms. The molecule has 2 aliphatic rings. The van der Waals surface area contributed by atoms with Crippen LogP contribution in [0.4, 0.5) is 16.4 Å². The van der Waals surface area contributed by atoms with Crippen molar-refractivity contribution in [2.24, 2.45) is 0 Å². The Morgan fingerprint density at radius 2 is 1.70 bits per heavy atom. The quantitative estimate of drug-likeness (QED) is 0.603. The molecule has 7 heteroatoms. The van der Waals surface area contributed by atoms with E-state index in [4.69, 9.17) is 14.7 Å². The number of hydrogen-bond acceptors (Lipinski definition) is 5. The van der Waals surface area contributed by atoms with Gasteiger partial charge in [0.25, 0.3) is 0 Å². The first kappa shape index (κ1) is 21.2. The number of anilines is 2. The number of urea groups is 1. The lowest BCUT2D eigenvalue weighted by atomic mass is 10.1. The van der Waals surface area contributed by atoms with Crippen LogP contribution in [0.25, 0.3) is 0 Å². The minimum Gasteiger partial charge on any atom is -0.438 e. The van der Waals surface area contributed by atoms with E-state index in [2.05, 4.69) is 10.2 Å². The minimum atomic E-state index is -0.131. The summed E-state index contributed by atoms with van der Waals surface area (Å²) in [6.45, 7) is 4.97. The monoisotopic (exact) mass is 443 g/mol. The van der Waals surface area contributed by atoms with Crippen LogP contribution in [0, 0.1) is 6.92 Å². The zero-order chi connectivity index (χ0) is 22.6. The van der Waals surface area contributed by atoms with Crippen LogP contribution >= 0.6 is 0 Å². The Balaban J connectivity index is 1.45. The van der Waals surface area contributed by atoms with E-state index in [0.29, 0.717) is 25.4 Å². The van der Waals surface area contributed by atoms with Crippen molar-refractivity contribution < 1.29 is 9.53 Å². The predicted octanol–water partition coefficient (Wildman–Crippen LogP) is 5.16. The summed E-state index contributed by atoms with van der Waals surface area (Å²) in [6, 6.07) is 17.3. The van der Waals surface area contributed by atoms with Crippen LogP contribution in [-0.4, -0.2) is 40.5 Å². The molecule has 0 saturated carbocycles. The van der Waals surface area contributed by atoms with Crippen molar-refractivity contribution in [1.82, 2.24) is 14.9 Å². The van der Waals surface area contributed by atoms with Crippen LogP contribution in [0.1, 0.15) is 36.1 Å². The molecule has 1 saturated heterocycles. The number of amides is 2. The van der Waals surface area contributed by atoms with Gasteiger partial charge >= 0.3 is 6.03 Å². The summed E-state index contributed by atoms with van der Waals surface area (Å²) in [6.07, 6.45) is 4.23. The third-order valence-electron chi connectivity index (χ3n) is 6.26. The number of aryl methyl sites for hydroxylation is 1. The Bertz CT molecular complexity index is 1130. The van der Waals surface area contributed by atoms with E-state index < -0.39 is 0 Å². The number of carbonyl (C=O) groups is 1. The maximum Gasteiger partial charge on any atom is 0.322 e. The zero-order valence-corrected chi connectivity index (χ0v) is 19.0. The van der Waals surface area contributed by atoms with Crippen LogP contribution in [0.3, 0.4) is 0 Å². The molecular formula is C26H29N5O2. The van der Waals surface area contributed by atoms with E-state index in [9.17, 15) is 4.79 Å². The normalized spacial score (nSPS) is 15.7. The topological polar surface area (TPSA) is 70.6 Å². The fourth-order valence-corrected chi connectivity index (χ4v) is 4.36. The van der Waals surface area contributed by atoms with Crippen LogP contribution in [-0.2, 0) is 13.0 Å². The molecule has 2 amide bonds. The molecular weight excluding hydrogens is 414 g/mol. The Hall–Kier alpha value is -3.61. The van der Waals surface area contributed by atoms with Crippen molar-refractivity contribution in [3.05, 3.63) is 71.4 Å². The van der Waals surface area contributed by atoms with Gasteiger partial charge in [0.15, 0.2) is 0 Å². The Morgan fingerprint density at radius 3 is 2.48 bits per heavy atom. The lowest BCUT2D eigenvalue weighted by molar-refractivity contribution is 0.205. The van der Waals surface area contributed by atoms with Gasteiger partial charge in [0.05, 0.1) is 17.8 Å². The van der Waals surface area contributed by atoms with Crippen molar-refractivity contribution in [3.63, 3.8) is 0 Å². The molecule has 2 aromatic carbocycles. The molecule has 0 aliphatic carbocycles. The number of piperidine rings is 1. The van der Waals surface area contributed by atoms with Gasteiger partial charge in [-0.25, -0.2) is 9.78 Å². The molecule has 2 aliphatic heterocycles. The molecule has 5 rings (SSSR count). The van der Waals surface area contributed by atoms with Gasteiger partial charge in [0, 0.05) is 31.7 Å². The average Bonchev–Trinajstić information content (AvgIpc) is 2.86. The number of fused-ring (bicyclic) bond motifs is 1. The van der Waals surface area contributed by atoms with Crippen molar-refractivity contribution >= 4 is 17.7 Å². The fourth-order valence-electron chi connectivity index (χ4n) is 4.36. The second-order valence-corrected chi connectivity index (χ2v) is 8.64. The fraction of sp³-hybridized carbons (Fsp3) is 0.346. The summed E-state index contributed by atoms with van der Waals surface area (Å²) < 4.78 is 6.35. The van der Waals surface area contributed by atoms with Gasteiger partial charge in [0.2, 0.25) is 11.8 Å². The van der Waals surface area contributed by atoms with Gasteiger partial charge in [-0.15, -0.1) is 0 Å². The molecule has 1 N–H and O–H groups in total. The van der Waals surface area contributed by atoms with Gasteiger partial charge in [-0.05, 0) is 49.9 Å². The van der Waals surface area contributed by atoms with Crippen LogP contribution in [0.2, 0.25) is 0 Å². The number of ether oxygens (including phenoxy) is 1. The predicted molar refractivity (Wildman–Crippen MR) is 129 cm³/mol. The second kappa shape index (κ2) is 9.48. The molecule has 3 aromatic rings. The first-order valence-electron chi connectivity index (χ1n) is 11.7. The Morgan fingerprint density at radius 1 is 0.939 bits per heavy atom. The summed E-state index contributed by atoms with van der Waals surface area (Å²) in [4.78, 5) is 26.8. The summed E-state index contributed by atoms with van der Waals surface area (Å²) in [7, 11) is 0. The van der Waals surface area contributed by atoms with Gasteiger partial charge in [0.1, 0.15) is 5.75 Å². The lowest BCUT2D eigenvalue weighted by Gasteiger charge is -2.32. The molecule has 0 radical (unpaired) electrons. The van der Waals surface area contributed by atoms with E-state index in [1.807, 2.05) is 61.5 Å². The smallest absolute Gasteiger partial charge is 0.322 e. The summed E-state index contributed by atoms with van der Waals surface area (Å²) in [5.74, 6) is 2.06. The SMILES string of the molecule is Cc1ccccc1Oc1nc(N2CCCCC2)nc2c1CN(C(=O)Nc1ccccc1)CC2. The maximum atomic E-state index is 12.9. The number of hydrogen-bond donors (Lipinski definition) is 1. The van der Waals surface area contributed by atoms with Crippen molar-refractivity contribution in [1.29, 1.82) is 0 Å². The van der Waals surface area contributed by atoms with Gasteiger partial charge in [-0.2, -0.15) is 4.98 Å². The van der Waals surface area contributed by atoms with Crippen molar-refractivity contribution in [3.8, 4) is 11.6 Å². The van der Waals surface area contributed by atoms with E-state index in [0.717, 1.165) is 60.1 Å². The number of aromatic nitrogens is 2. The van der Waals surface area contributed by atoms with Crippen LogP contribution in [0.15, 0.2) is 54.6 Å². The van der Waals surface area contributed by atoms with E-state index in [-0.39, 0.29) is 6.03 Å². The molecule has 7 nitrogen and oxygen atoms in total. The molecule has 3 heterocycles. The summed E-state index contributed by atoms with van der Waals surface area (Å²) in [5.41, 5.74) is 3.67. The maximum absolute atomic E-state index is 12.9. The third-order valence-corrected chi connectivity index (χ3v) is 6.26. The first-order chi connectivity index (χ1) is 16.2. The van der Waals surface area contributed by atoms with Gasteiger partial charge < -0.3 is 19.9 Å². The zero-order valence-electron chi connectivity index (χ0n) is 19.0. The highest BCUT2D eigenvalue weighted by Gasteiger charge is 2.28. The first-order valence-corrected chi connectivity index (χ1v) is 11.7. The Labute approximate surface area is 194 Å². The number of benzene rings is 2. The standard InChI is InChI=1S/C26H29N5O2/c1-19-10-6-7-13-23(19)33-24-21-18-31(26(32)27-20-11-4-2-5-12-20)17-14-22(21)28-25(29-24)30-15-8-3-9-16-30/h2,4-7,10-13H,3,8-9,14-18H2,1H3,(H,27,32). The van der Waals surface area contributed by atoms with Crippen molar-refractivity contribution in [2.75, 3.05) is 29.9 Å². The van der Waals surface area contributed by atoms with Crippen molar-refractivity contribution in [2.45, 2.75) is 39.2 Å². The number of rotatable bonds is 4. The molecule has 0 atom stereocenters. The second-order valence-electron chi connectivity index (χ2n) is 8.64. The van der Waals surface area contributed by atoms with E-state index in [1.54, 1.807) is 4.90 Å². The molecule has 0 unspecified atom stereocenters. The average molecular weight is 444 g/mol. The summed E-state index contributed by atoms with van der Waals surface area (Å²) in [5, 5.41) is 2.98. The Kier molecular flexibility index (Phi) is 6.11. The molecule has 0 bridgehead atoms. The van der Waals surface area contributed by atoms with Crippen LogP contribution < -0.4 is 15.0 Å². The van der Waals surface area contributed by atoms with Gasteiger partial charge in [-0.3, -0.25) is 0 Å². The minimum absolute atomic E-state index is 0.131. The number of nitrogens with zero attached hydrogens (tertiary/aromatic N) is 4. The number of para-hydroxylation sites is 2. The highest BCUT2D eigenvalue weighted by atomic mass is 16.5. The number of nitrogens with one attached hydrogen (secondary N) is 1. The highest BCUT2D eigenvalue weighted by Crippen LogP contribution is 2.33. The van der Waals surface area contributed by atoms with Crippen LogP contribution in [0.5, 0.6) is 11.6 Å².